The van der Waals surface area contributed by atoms with E-state index < -0.39 is 5.82 Å². The molecule has 98 valence electrons. The van der Waals surface area contributed by atoms with Gasteiger partial charge in [0, 0.05) is 29.2 Å². The van der Waals surface area contributed by atoms with Gasteiger partial charge in [-0.3, -0.25) is 4.79 Å². The highest BCUT2D eigenvalue weighted by molar-refractivity contribution is 9.10. The fourth-order valence-electron chi connectivity index (χ4n) is 2.55. The lowest BCUT2D eigenvalue weighted by molar-refractivity contribution is 0.0946. The van der Waals surface area contributed by atoms with E-state index in [0.29, 0.717) is 21.9 Å². The van der Waals surface area contributed by atoms with Crippen LogP contribution in [0.3, 0.4) is 0 Å². The molecule has 1 aromatic carbocycles. The summed E-state index contributed by atoms with van der Waals surface area (Å²) in [6, 6.07) is 4.50. The molecule has 1 aliphatic heterocycles. The van der Waals surface area contributed by atoms with Gasteiger partial charge in [-0.1, -0.05) is 15.9 Å². The average molecular weight is 336 g/mol. The third-order valence-electron chi connectivity index (χ3n) is 3.51. The molecule has 0 spiro atoms. The number of nitrogens with one attached hydrogen (secondary N) is 2. The van der Waals surface area contributed by atoms with Crippen molar-refractivity contribution in [2.75, 3.05) is 13.1 Å². The Labute approximate surface area is 119 Å². The third-order valence-corrected chi connectivity index (χ3v) is 3.97. The van der Waals surface area contributed by atoms with Gasteiger partial charge in [-0.15, -0.1) is 12.4 Å². The highest BCUT2D eigenvalue weighted by atomic mass is 79.9. The van der Waals surface area contributed by atoms with Crippen LogP contribution in [-0.2, 0) is 0 Å². The number of rotatable bonds is 2. The van der Waals surface area contributed by atoms with E-state index in [2.05, 4.69) is 26.6 Å². The SMILES string of the molecule is Cl.O=C(NC1C2CNCC21)c1cc(F)cc(Br)c1. The van der Waals surface area contributed by atoms with Gasteiger partial charge in [-0.2, -0.15) is 0 Å². The summed E-state index contributed by atoms with van der Waals surface area (Å²) in [5, 5.41) is 6.22. The van der Waals surface area contributed by atoms with Gasteiger partial charge in [0.25, 0.3) is 5.91 Å². The van der Waals surface area contributed by atoms with Gasteiger partial charge in [0.1, 0.15) is 5.82 Å². The molecular formula is C12H13BrClFN2O. The summed E-state index contributed by atoms with van der Waals surface area (Å²) in [5.41, 5.74) is 0.370. The number of carbonyl (C=O) groups excluding carboxylic acids is 1. The molecule has 1 amide bonds. The fourth-order valence-corrected chi connectivity index (χ4v) is 3.02. The zero-order valence-electron chi connectivity index (χ0n) is 9.45. The summed E-state index contributed by atoms with van der Waals surface area (Å²) in [6.07, 6.45) is 0. The van der Waals surface area contributed by atoms with Crippen molar-refractivity contribution in [3.8, 4) is 0 Å². The van der Waals surface area contributed by atoms with Crippen molar-refractivity contribution in [3.05, 3.63) is 34.1 Å². The van der Waals surface area contributed by atoms with Crippen LogP contribution in [0, 0.1) is 17.7 Å². The number of piperidine rings is 1. The number of fused-ring (bicyclic) bond motifs is 1. The first-order valence-electron chi connectivity index (χ1n) is 5.63. The van der Waals surface area contributed by atoms with Crippen molar-refractivity contribution in [2.24, 2.45) is 11.8 Å². The number of carbonyl (C=O) groups is 1. The van der Waals surface area contributed by atoms with Gasteiger partial charge in [-0.05, 0) is 30.0 Å². The van der Waals surface area contributed by atoms with E-state index in [4.69, 9.17) is 0 Å². The van der Waals surface area contributed by atoms with Crippen LogP contribution < -0.4 is 10.6 Å². The highest BCUT2D eigenvalue weighted by Gasteiger charge is 2.53. The number of amides is 1. The van der Waals surface area contributed by atoms with E-state index in [9.17, 15) is 9.18 Å². The molecule has 0 radical (unpaired) electrons. The largest absolute Gasteiger partial charge is 0.349 e. The summed E-state index contributed by atoms with van der Waals surface area (Å²) in [4.78, 5) is 11.9. The maximum Gasteiger partial charge on any atom is 0.251 e. The van der Waals surface area contributed by atoms with E-state index >= 15 is 0 Å². The Kier molecular flexibility index (Phi) is 3.94. The Hall–Kier alpha value is -0.650. The van der Waals surface area contributed by atoms with Gasteiger partial charge < -0.3 is 10.6 Å². The molecule has 2 fully saturated rings. The van der Waals surface area contributed by atoms with E-state index in [1.807, 2.05) is 0 Å². The van der Waals surface area contributed by atoms with Crippen molar-refractivity contribution in [3.63, 3.8) is 0 Å². The lowest BCUT2D eigenvalue weighted by Crippen LogP contribution is -2.32. The Morgan fingerprint density at radius 1 is 1.33 bits per heavy atom. The molecule has 1 aromatic rings. The van der Waals surface area contributed by atoms with E-state index in [1.54, 1.807) is 6.07 Å². The van der Waals surface area contributed by atoms with Crippen molar-refractivity contribution >= 4 is 34.2 Å². The molecule has 2 aliphatic rings. The maximum absolute atomic E-state index is 13.2. The Morgan fingerprint density at radius 2 is 2.00 bits per heavy atom. The molecule has 6 heteroatoms. The zero-order valence-corrected chi connectivity index (χ0v) is 11.9. The second kappa shape index (κ2) is 5.15. The summed E-state index contributed by atoms with van der Waals surface area (Å²) in [7, 11) is 0. The second-order valence-corrected chi connectivity index (χ2v) is 5.56. The number of halogens is 3. The minimum atomic E-state index is -0.401. The fraction of sp³-hybridized carbons (Fsp3) is 0.417. The molecule has 1 saturated heterocycles. The number of hydrogen-bond donors (Lipinski definition) is 2. The third kappa shape index (κ3) is 2.53. The Balaban J connectivity index is 0.00000120. The molecule has 2 atom stereocenters. The van der Waals surface area contributed by atoms with Crippen molar-refractivity contribution in [1.82, 2.24) is 10.6 Å². The quantitative estimate of drug-likeness (QED) is 0.867. The number of benzene rings is 1. The first-order chi connectivity index (χ1) is 8.15. The standard InChI is InChI=1S/C12H12BrFN2O.ClH/c13-7-1-6(2-8(14)3-7)12(17)16-11-9-4-15-5-10(9)11;/h1-3,9-11,15H,4-5H2,(H,16,17);1H. The van der Waals surface area contributed by atoms with Crippen molar-refractivity contribution in [1.29, 1.82) is 0 Å². The molecular weight excluding hydrogens is 322 g/mol. The van der Waals surface area contributed by atoms with Crippen LogP contribution in [-0.4, -0.2) is 25.0 Å². The predicted molar refractivity (Wildman–Crippen MR) is 72.5 cm³/mol. The summed E-state index contributed by atoms with van der Waals surface area (Å²) in [6.45, 7) is 1.95. The van der Waals surface area contributed by atoms with Crippen LogP contribution in [0.1, 0.15) is 10.4 Å². The molecule has 1 aliphatic carbocycles. The molecule has 0 aromatic heterocycles. The monoisotopic (exact) mass is 334 g/mol. The zero-order chi connectivity index (χ0) is 12.0. The summed E-state index contributed by atoms with van der Waals surface area (Å²) < 4.78 is 13.7. The number of hydrogen-bond acceptors (Lipinski definition) is 2. The van der Waals surface area contributed by atoms with E-state index in [1.165, 1.54) is 12.1 Å². The van der Waals surface area contributed by atoms with Gasteiger partial charge >= 0.3 is 0 Å². The van der Waals surface area contributed by atoms with Crippen molar-refractivity contribution < 1.29 is 9.18 Å². The highest BCUT2D eigenvalue weighted by Crippen LogP contribution is 2.41. The molecule has 3 rings (SSSR count). The molecule has 18 heavy (non-hydrogen) atoms. The minimum absolute atomic E-state index is 0. The molecule has 3 nitrogen and oxygen atoms in total. The lowest BCUT2D eigenvalue weighted by atomic mass is 10.2. The molecule has 1 saturated carbocycles. The topological polar surface area (TPSA) is 41.1 Å². The van der Waals surface area contributed by atoms with Crippen LogP contribution in [0.5, 0.6) is 0 Å². The van der Waals surface area contributed by atoms with Crippen LogP contribution in [0.25, 0.3) is 0 Å². The summed E-state index contributed by atoms with van der Waals surface area (Å²) in [5.74, 6) is 0.540. The minimum Gasteiger partial charge on any atom is -0.349 e. The smallest absolute Gasteiger partial charge is 0.251 e. The Bertz CT molecular complexity index is 455. The maximum atomic E-state index is 13.2. The second-order valence-electron chi connectivity index (χ2n) is 4.64. The molecule has 1 heterocycles. The van der Waals surface area contributed by atoms with Gasteiger partial charge in [0.05, 0.1) is 0 Å². The van der Waals surface area contributed by atoms with Gasteiger partial charge in [-0.25, -0.2) is 4.39 Å². The van der Waals surface area contributed by atoms with Crippen LogP contribution in [0.15, 0.2) is 22.7 Å². The predicted octanol–water partition coefficient (Wildman–Crippen LogP) is 1.96. The van der Waals surface area contributed by atoms with Crippen molar-refractivity contribution in [2.45, 2.75) is 6.04 Å². The average Bonchev–Trinajstić information content (AvgIpc) is 2.73. The van der Waals surface area contributed by atoms with Gasteiger partial charge in [0.15, 0.2) is 0 Å². The molecule has 2 N–H and O–H groups in total. The van der Waals surface area contributed by atoms with E-state index in [-0.39, 0.29) is 24.4 Å². The van der Waals surface area contributed by atoms with Gasteiger partial charge in [0.2, 0.25) is 0 Å². The van der Waals surface area contributed by atoms with E-state index in [0.717, 1.165) is 13.1 Å². The molecule has 0 bridgehead atoms. The first kappa shape index (κ1) is 13.8. The lowest BCUT2D eigenvalue weighted by Gasteiger charge is -2.08. The van der Waals surface area contributed by atoms with Crippen LogP contribution >= 0.6 is 28.3 Å². The summed E-state index contributed by atoms with van der Waals surface area (Å²) >= 11 is 3.18. The normalized spacial score (nSPS) is 28.2. The Morgan fingerprint density at radius 3 is 2.61 bits per heavy atom. The molecule has 2 unspecified atom stereocenters. The first-order valence-corrected chi connectivity index (χ1v) is 6.42. The van der Waals surface area contributed by atoms with Crippen LogP contribution in [0.2, 0.25) is 0 Å². The van der Waals surface area contributed by atoms with Crippen LogP contribution in [0.4, 0.5) is 4.39 Å².